The van der Waals surface area contributed by atoms with Crippen molar-refractivity contribution in [3.05, 3.63) is 29.3 Å². The molecule has 0 saturated carbocycles. The molecule has 0 heterocycles. The van der Waals surface area contributed by atoms with Crippen LogP contribution in [0.5, 0.6) is 5.75 Å². The number of aliphatic hydroxyl groups is 1. The van der Waals surface area contributed by atoms with Gasteiger partial charge in [-0.25, -0.2) is 0 Å². The largest absolute Gasteiger partial charge is 0.496 e. The molecule has 1 atom stereocenters. The first-order valence-corrected chi connectivity index (χ1v) is 7.06. The van der Waals surface area contributed by atoms with Crippen molar-refractivity contribution in [2.75, 3.05) is 20.2 Å². The Kier molecular flexibility index (Phi) is 6.32. The lowest BCUT2D eigenvalue weighted by Gasteiger charge is -2.29. The van der Waals surface area contributed by atoms with E-state index < -0.39 is 6.10 Å². The molecule has 1 N–H and O–H groups in total. The van der Waals surface area contributed by atoms with Gasteiger partial charge in [-0.2, -0.15) is 0 Å². The third-order valence-electron chi connectivity index (χ3n) is 3.39. The predicted molar refractivity (Wildman–Crippen MR) is 79.7 cm³/mol. The third-order valence-corrected chi connectivity index (χ3v) is 3.39. The summed E-state index contributed by atoms with van der Waals surface area (Å²) in [6.45, 7) is 10.2. The minimum absolute atomic E-state index is 0.436. The highest BCUT2D eigenvalue weighted by Crippen LogP contribution is 2.27. The summed E-state index contributed by atoms with van der Waals surface area (Å²) in [5.41, 5.74) is 2.02. The second kappa shape index (κ2) is 7.51. The lowest BCUT2D eigenvalue weighted by Crippen LogP contribution is -2.35. The fraction of sp³-hybridized carbons (Fsp3) is 0.625. The van der Waals surface area contributed by atoms with Gasteiger partial charge >= 0.3 is 0 Å². The van der Waals surface area contributed by atoms with Crippen molar-refractivity contribution in [3.63, 3.8) is 0 Å². The fourth-order valence-electron chi connectivity index (χ4n) is 2.28. The van der Waals surface area contributed by atoms with Crippen LogP contribution < -0.4 is 4.74 Å². The highest BCUT2D eigenvalue weighted by atomic mass is 16.5. The number of hydrogen-bond donors (Lipinski definition) is 1. The van der Waals surface area contributed by atoms with Crippen LogP contribution in [0.15, 0.2) is 18.2 Å². The summed E-state index contributed by atoms with van der Waals surface area (Å²) in [4.78, 5) is 2.30. The van der Waals surface area contributed by atoms with Gasteiger partial charge in [0.05, 0.1) is 13.2 Å². The van der Waals surface area contributed by atoms with Crippen molar-refractivity contribution in [1.82, 2.24) is 4.90 Å². The van der Waals surface area contributed by atoms with E-state index in [0.717, 1.165) is 29.8 Å². The van der Waals surface area contributed by atoms with Crippen LogP contribution in [0, 0.1) is 6.92 Å². The average Bonchev–Trinajstić information content (AvgIpc) is 2.37. The summed E-state index contributed by atoms with van der Waals surface area (Å²) in [5, 5.41) is 10.5. The van der Waals surface area contributed by atoms with Gasteiger partial charge in [-0.15, -0.1) is 0 Å². The summed E-state index contributed by atoms with van der Waals surface area (Å²) >= 11 is 0. The van der Waals surface area contributed by atoms with Crippen molar-refractivity contribution >= 4 is 0 Å². The van der Waals surface area contributed by atoms with Crippen molar-refractivity contribution in [2.45, 2.75) is 46.3 Å². The minimum Gasteiger partial charge on any atom is -0.496 e. The molecule has 0 spiro atoms. The molecular formula is C16H27NO2. The van der Waals surface area contributed by atoms with Gasteiger partial charge in [0.2, 0.25) is 0 Å². The zero-order chi connectivity index (χ0) is 14.4. The molecule has 3 nitrogen and oxygen atoms in total. The monoisotopic (exact) mass is 265 g/mol. The molecule has 0 amide bonds. The van der Waals surface area contributed by atoms with Gasteiger partial charge in [0, 0.05) is 18.2 Å². The molecule has 1 rings (SSSR count). The first kappa shape index (κ1) is 16.0. The van der Waals surface area contributed by atoms with E-state index in [9.17, 15) is 5.11 Å². The van der Waals surface area contributed by atoms with Crippen LogP contribution in [0.4, 0.5) is 0 Å². The standard InChI is InChI=1S/C16H27NO2/c1-6-9-17(12(2)3)11-15(18)14-10-13(4)7-8-16(14)19-5/h7-8,10,12,15,18H,6,9,11H2,1-5H3. The van der Waals surface area contributed by atoms with Crippen LogP contribution in [0.2, 0.25) is 0 Å². The molecular weight excluding hydrogens is 238 g/mol. The lowest BCUT2D eigenvalue weighted by molar-refractivity contribution is 0.0936. The second-order valence-electron chi connectivity index (χ2n) is 5.35. The van der Waals surface area contributed by atoms with E-state index in [1.807, 2.05) is 25.1 Å². The van der Waals surface area contributed by atoms with E-state index in [4.69, 9.17) is 4.74 Å². The van der Waals surface area contributed by atoms with Crippen LogP contribution in [0.3, 0.4) is 0 Å². The van der Waals surface area contributed by atoms with Gasteiger partial charge in [-0.1, -0.05) is 18.6 Å². The molecule has 0 fully saturated rings. The van der Waals surface area contributed by atoms with Crippen LogP contribution in [0.25, 0.3) is 0 Å². The quantitative estimate of drug-likeness (QED) is 0.822. The summed E-state index contributed by atoms with van der Waals surface area (Å²) in [5.74, 6) is 0.762. The summed E-state index contributed by atoms with van der Waals surface area (Å²) in [7, 11) is 1.65. The Labute approximate surface area is 117 Å². The van der Waals surface area contributed by atoms with Gasteiger partial charge < -0.3 is 9.84 Å². The Bertz CT molecular complexity index is 390. The number of nitrogens with zero attached hydrogens (tertiary/aromatic N) is 1. The number of aliphatic hydroxyl groups excluding tert-OH is 1. The molecule has 1 unspecified atom stereocenters. The molecule has 0 aliphatic rings. The summed E-state index contributed by atoms with van der Waals surface area (Å²) in [6.07, 6.45) is 0.583. The zero-order valence-electron chi connectivity index (χ0n) is 12.8. The van der Waals surface area contributed by atoms with Crippen LogP contribution in [-0.2, 0) is 0 Å². The van der Waals surface area contributed by atoms with E-state index in [1.54, 1.807) is 7.11 Å². The minimum atomic E-state index is -0.510. The number of aryl methyl sites for hydroxylation is 1. The maximum Gasteiger partial charge on any atom is 0.124 e. The first-order chi connectivity index (χ1) is 8.99. The van der Waals surface area contributed by atoms with E-state index in [2.05, 4.69) is 25.7 Å². The van der Waals surface area contributed by atoms with E-state index in [-0.39, 0.29) is 0 Å². The average molecular weight is 265 g/mol. The number of rotatable bonds is 7. The molecule has 108 valence electrons. The molecule has 0 aromatic heterocycles. The van der Waals surface area contributed by atoms with Crippen LogP contribution in [0.1, 0.15) is 44.4 Å². The smallest absolute Gasteiger partial charge is 0.124 e. The summed E-state index contributed by atoms with van der Waals surface area (Å²) < 4.78 is 5.34. The predicted octanol–water partition coefficient (Wildman–Crippen LogP) is 3.16. The van der Waals surface area contributed by atoms with E-state index in [1.165, 1.54) is 0 Å². The maximum absolute atomic E-state index is 10.5. The molecule has 1 aromatic carbocycles. The Hall–Kier alpha value is -1.06. The SMILES string of the molecule is CCCN(CC(O)c1cc(C)ccc1OC)C(C)C. The lowest BCUT2D eigenvalue weighted by atomic mass is 10.0. The Balaban J connectivity index is 2.86. The molecule has 0 radical (unpaired) electrons. The van der Waals surface area contributed by atoms with Gasteiger partial charge in [0.25, 0.3) is 0 Å². The van der Waals surface area contributed by atoms with Gasteiger partial charge in [-0.05, 0) is 45.9 Å². The second-order valence-corrected chi connectivity index (χ2v) is 5.35. The number of benzene rings is 1. The molecule has 0 aliphatic heterocycles. The number of methoxy groups -OCH3 is 1. The van der Waals surface area contributed by atoms with Gasteiger partial charge in [0.15, 0.2) is 0 Å². The van der Waals surface area contributed by atoms with Gasteiger partial charge in [-0.3, -0.25) is 4.90 Å². The Morgan fingerprint density at radius 3 is 2.53 bits per heavy atom. The Morgan fingerprint density at radius 2 is 2.00 bits per heavy atom. The summed E-state index contributed by atoms with van der Waals surface area (Å²) in [6, 6.07) is 6.37. The molecule has 0 saturated heterocycles. The Morgan fingerprint density at radius 1 is 1.32 bits per heavy atom. The molecule has 0 aliphatic carbocycles. The highest BCUT2D eigenvalue weighted by Gasteiger charge is 2.18. The molecule has 19 heavy (non-hydrogen) atoms. The number of hydrogen-bond acceptors (Lipinski definition) is 3. The topological polar surface area (TPSA) is 32.7 Å². The first-order valence-electron chi connectivity index (χ1n) is 7.06. The fourth-order valence-corrected chi connectivity index (χ4v) is 2.28. The highest BCUT2D eigenvalue weighted by molar-refractivity contribution is 5.38. The van der Waals surface area contributed by atoms with E-state index in [0.29, 0.717) is 12.6 Å². The number of ether oxygens (including phenoxy) is 1. The van der Waals surface area contributed by atoms with Crippen LogP contribution >= 0.6 is 0 Å². The third kappa shape index (κ3) is 4.51. The van der Waals surface area contributed by atoms with Crippen molar-refractivity contribution in [2.24, 2.45) is 0 Å². The molecule has 0 bridgehead atoms. The molecule has 1 aromatic rings. The van der Waals surface area contributed by atoms with Crippen molar-refractivity contribution in [3.8, 4) is 5.75 Å². The zero-order valence-corrected chi connectivity index (χ0v) is 12.8. The van der Waals surface area contributed by atoms with E-state index >= 15 is 0 Å². The van der Waals surface area contributed by atoms with Crippen molar-refractivity contribution < 1.29 is 9.84 Å². The normalized spacial score (nSPS) is 13.1. The van der Waals surface area contributed by atoms with Crippen LogP contribution in [-0.4, -0.2) is 36.2 Å². The molecule has 3 heteroatoms. The van der Waals surface area contributed by atoms with Gasteiger partial charge in [0.1, 0.15) is 5.75 Å². The van der Waals surface area contributed by atoms with Crippen molar-refractivity contribution in [1.29, 1.82) is 0 Å². The maximum atomic E-state index is 10.5.